The minimum Gasteiger partial charge on any atom is -0.316 e. The molecular weight excluding hydrogens is 244 g/mol. The summed E-state index contributed by atoms with van der Waals surface area (Å²) in [6, 6.07) is 9.66. The van der Waals surface area contributed by atoms with Gasteiger partial charge in [0, 0.05) is 6.04 Å². The fraction of sp³-hybridized carbons (Fsp3) is 0.667. The van der Waals surface area contributed by atoms with Crippen LogP contribution in [-0.4, -0.2) is 31.6 Å². The molecule has 2 rings (SSSR count). The van der Waals surface area contributed by atoms with Crippen LogP contribution in [0.5, 0.6) is 0 Å². The highest BCUT2D eigenvalue weighted by molar-refractivity contribution is 5.26. The lowest BCUT2D eigenvalue weighted by Gasteiger charge is -2.33. The second-order valence-electron chi connectivity index (χ2n) is 6.30. The Morgan fingerprint density at radius 1 is 1.30 bits per heavy atom. The second kappa shape index (κ2) is 7.80. The SMILES string of the molecule is CCCNCC1CCCCN(C)C1c1cccc(C)c1. The molecule has 1 fully saturated rings. The maximum Gasteiger partial charge on any atom is 0.0385 e. The molecule has 1 aromatic carbocycles. The Morgan fingerprint density at radius 2 is 2.15 bits per heavy atom. The average Bonchev–Trinajstić information content (AvgIpc) is 2.61. The molecule has 1 aromatic rings. The third-order valence-electron chi connectivity index (χ3n) is 4.47. The minimum absolute atomic E-state index is 0.571. The van der Waals surface area contributed by atoms with Crippen molar-refractivity contribution in [1.82, 2.24) is 10.2 Å². The number of nitrogens with zero attached hydrogens (tertiary/aromatic N) is 1. The number of aryl methyl sites for hydroxylation is 1. The molecule has 2 nitrogen and oxygen atoms in total. The first-order valence-electron chi connectivity index (χ1n) is 8.20. The van der Waals surface area contributed by atoms with Gasteiger partial charge in [0.1, 0.15) is 0 Å². The first-order chi connectivity index (χ1) is 9.72. The second-order valence-corrected chi connectivity index (χ2v) is 6.30. The molecule has 2 heteroatoms. The summed E-state index contributed by atoms with van der Waals surface area (Å²) in [7, 11) is 2.30. The van der Waals surface area contributed by atoms with Gasteiger partial charge in [-0.1, -0.05) is 43.2 Å². The van der Waals surface area contributed by atoms with E-state index in [4.69, 9.17) is 0 Å². The molecule has 1 aliphatic heterocycles. The number of benzene rings is 1. The zero-order valence-corrected chi connectivity index (χ0v) is 13.4. The van der Waals surface area contributed by atoms with E-state index in [1.54, 1.807) is 0 Å². The molecule has 2 unspecified atom stereocenters. The van der Waals surface area contributed by atoms with Gasteiger partial charge in [0.05, 0.1) is 0 Å². The maximum absolute atomic E-state index is 3.64. The Morgan fingerprint density at radius 3 is 2.90 bits per heavy atom. The maximum atomic E-state index is 3.64. The summed E-state index contributed by atoms with van der Waals surface area (Å²) in [6.45, 7) is 7.95. The van der Waals surface area contributed by atoms with Crippen LogP contribution in [0.15, 0.2) is 24.3 Å². The van der Waals surface area contributed by atoms with E-state index in [1.165, 1.54) is 43.4 Å². The first-order valence-corrected chi connectivity index (χ1v) is 8.20. The smallest absolute Gasteiger partial charge is 0.0385 e. The molecule has 1 aliphatic rings. The lowest BCUT2D eigenvalue weighted by Crippen LogP contribution is -2.35. The third-order valence-corrected chi connectivity index (χ3v) is 4.47. The highest BCUT2D eigenvalue weighted by Crippen LogP contribution is 2.34. The monoisotopic (exact) mass is 274 g/mol. The Labute approximate surface area is 124 Å². The molecule has 0 aliphatic carbocycles. The predicted molar refractivity (Wildman–Crippen MR) is 87.1 cm³/mol. The van der Waals surface area contributed by atoms with Crippen molar-refractivity contribution < 1.29 is 0 Å². The first kappa shape index (κ1) is 15.5. The van der Waals surface area contributed by atoms with Gasteiger partial charge in [-0.15, -0.1) is 0 Å². The van der Waals surface area contributed by atoms with Gasteiger partial charge < -0.3 is 5.32 Å². The molecule has 0 saturated carbocycles. The van der Waals surface area contributed by atoms with Crippen molar-refractivity contribution in [1.29, 1.82) is 0 Å². The largest absolute Gasteiger partial charge is 0.316 e. The number of likely N-dealkylation sites (tertiary alicyclic amines) is 1. The molecule has 0 aromatic heterocycles. The summed E-state index contributed by atoms with van der Waals surface area (Å²) in [6.07, 6.45) is 5.27. The van der Waals surface area contributed by atoms with Crippen LogP contribution in [0.25, 0.3) is 0 Å². The van der Waals surface area contributed by atoms with Gasteiger partial charge in [-0.3, -0.25) is 4.90 Å². The van der Waals surface area contributed by atoms with E-state index in [0.29, 0.717) is 6.04 Å². The van der Waals surface area contributed by atoms with Gasteiger partial charge in [-0.2, -0.15) is 0 Å². The summed E-state index contributed by atoms with van der Waals surface area (Å²) >= 11 is 0. The van der Waals surface area contributed by atoms with Gasteiger partial charge in [0.15, 0.2) is 0 Å². The van der Waals surface area contributed by atoms with Gasteiger partial charge in [0.2, 0.25) is 0 Å². The van der Waals surface area contributed by atoms with Crippen LogP contribution in [0.4, 0.5) is 0 Å². The van der Waals surface area contributed by atoms with Crippen LogP contribution in [0.1, 0.15) is 49.8 Å². The fourth-order valence-electron chi connectivity index (χ4n) is 3.48. The zero-order valence-electron chi connectivity index (χ0n) is 13.4. The number of rotatable bonds is 5. The predicted octanol–water partition coefficient (Wildman–Crippen LogP) is 3.77. The van der Waals surface area contributed by atoms with Crippen LogP contribution in [-0.2, 0) is 0 Å². The van der Waals surface area contributed by atoms with E-state index in [1.807, 2.05) is 0 Å². The lowest BCUT2D eigenvalue weighted by atomic mass is 9.88. The number of nitrogens with one attached hydrogen (secondary N) is 1. The molecule has 0 bridgehead atoms. The highest BCUT2D eigenvalue weighted by Gasteiger charge is 2.28. The van der Waals surface area contributed by atoms with Crippen molar-refractivity contribution in [2.24, 2.45) is 5.92 Å². The van der Waals surface area contributed by atoms with E-state index >= 15 is 0 Å². The molecule has 20 heavy (non-hydrogen) atoms. The standard InChI is InChI=1S/C18H30N2/c1-4-11-19-14-17-9-5-6-12-20(3)18(17)16-10-7-8-15(2)13-16/h7-8,10,13,17-19H,4-6,9,11-12,14H2,1-3H3. The number of hydrogen-bond acceptors (Lipinski definition) is 2. The molecule has 0 spiro atoms. The summed E-state index contributed by atoms with van der Waals surface area (Å²) in [5.41, 5.74) is 2.87. The molecule has 0 amide bonds. The Kier molecular flexibility index (Phi) is 6.06. The minimum atomic E-state index is 0.571. The molecule has 1 heterocycles. The average molecular weight is 274 g/mol. The van der Waals surface area contributed by atoms with E-state index in [-0.39, 0.29) is 0 Å². The topological polar surface area (TPSA) is 15.3 Å². The number of hydrogen-bond donors (Lipinski definition) is 1. The quantitative estimate of drug-likeness (QED) is 0.822. The molecule has 1 saturated heterocycles. The third kappa shape index (κ3) is 4.07. The van der Waals surface area contributed by atoms with Crippen LogP contribution < -0.4 is 5.32 Å². The molecule has 112 valence electrons. The normalized spacial score (nSPS) is 24.6. The highest BCUT2D eigenvalue weighted by atomic mass is 15.1. The molecule has 2 atom stereocenters. The Hall–Kier alpha value is -0.860. The van der Waals surface area contributed by atoms with Gasteiger partial charge >= 0.3 is 0 Å². The van der Waals surface area contributed by atoms with Gasteiger partial charge in [-0.05, 0) is 64.3 Å². The summed E-state index contributed by atoms with van der Waals surface area (Å²) in [5.74, 6) is 0.732. The Bertz CT molecular complexity index is 402. The van der Waals surface area contributed by atoms with Crippen LogP contribution in [0.2, 0.25) is 0 Å². The van der Waals surface area contributed by atoms with E-state index in [9.17, 15) is 0 Å². The molecule has 1 N–H and O–H groups in total. The van der Waals surface area contributed by atoms with E-state index in [2.05, 4.69) is 55.4 Å². The van der Waals surface area contributed by atoms with Crippen LogP contribution >= 0.6 is 0 Å². The van der Waals surface area contributed by atoms with E-state index < -0.39 is 0 Å². The lowest BCUT2D eigenvalue weighted by molar-refractivity contribution is 0.189. The van der Waals surface area contributed by atoms with Gasteiger partial charge in [-0.25, -0.2) is 0 Å². The fourth-order valence-corrected chi connectivity index (χ4v) is 3.48. The van der Waals surface area contributed by atoms with Crippen molar-refractivity contribution in [2.75, 3.05) is 26.7 Å². The van der Waals surface area contributed by atoms with Crippen LogP contribution in [0.3, 0.4) is 0 Å². The Balaban J connectivity index is 2.16. The summed E-state index contributed by atoms with van der Waals surface area (Å²) in [5, 5.41) is 3.64. The van der Waals surface area contributed by atoms with E-state index in [0.717, 1.165) is 19.0 Å². The van der Waals surface area contributed by atoms with Crippen molar-refractivity contribution >= 4 is 0 Å². The van der Waals surface area contributed by atoms with Crippen molar-refractivity contribution in [2.45, 2.75) is 45.6 Å². The molecular formula is C18H30N2. The molecule has 0 radical (unpaired) electrons. The van der Waals surface area contributed by atoms with Gasteiger partial charge in [0.25, 0.3) is 0 Å². The van der Waals surface area contributed by atoms with Crippen molar-refractivity contribution in [3.05, 3.63) is 35.4 Å². The zero-order chi connectivity index (χ0) is 14.4. The van der Waals surface area contributed by atoms with Crippen molar-refractivity contribution in [3.8, 4) is 0 Å². The summed E-state index contributed by atoms with van der Waals surface area (Å²) < 4.78 is 0. The van der Waals surface area contributed by atoms with Crippen molar-refractivity contribution in [3.63, 3.8) is 0 Å². The van der Waals surface area contributed by atoms with Crippen LogP contribution in [0, 0.1) is 12.8 Å². The summed E-state index contributed by atoms with van der Waals surface area (Å²) in [4.78, 5) is 2.57.